The Balaban J connectivity index is 1.80. The van der Waals surface area contributed by atoms with E-state index >= 15 is 0 Å². The third-order valence-corrected chi connectivity index (χ3v) is 3.37. The second-order valence-electron chi connectivity index (χ2n) is 5.17. The lowest BCUT2D eigenvalue weighted by molar-refractivity contribution is -0.120. The van der Waals surface area contributed by atoms with Crippen LogP contribution in [0.1, 0.15) is 5.56 Å². The lowest BCUT2D eigenvalue weighted by Crippen LogP contribution is -2.17. The Bertz CT molecular complexity index is 733. The summed E-state index contributed by atoms with van der Waals surface area (Å²) < 4.78 is 13.0. The molecule has 2 aromatic carbocycles. The first-order chi connectivity index (χ1) is 11.5. The minimum Gasteiger partial charge on any atom is -0.386 e. The number of rotatable bonds is 6. The summed E-state index contributed by atoms with van der Waals surface area (Å²) in [4.78, 5) is 18.6. The van der Waals surface area contributed by atoms with Crippen LogP contribution in [-0.4, -0.2) is 32.8 Å². The molecule has 0 saturated carbocycles. The molecule has 0 aliphatic carbocycles. The maximum absolute atomic E-state index is 13.0. The van der Waals surface area contributed by atoms with Gasteiger partial charge in [-0.2, -0.15) is 0 Å². The van der Waals surface area contributed by atoms with Gasteiger partial charge in [0.1, 0.15) is 5.82 Å². The predicted molar refractivity (Wildman–Crippen MR) is 94.4 cm³/mol. The van der Waals surface area contributed by atoms with Crippen LogP contribution in [0.25, 0.3) is 0 Å². The number of amides is 1. The zero-order chi connectivity index (χ0) is 17.5. The molecule has 0 saturated heterocycles. The normalized spacial score (nSPS) is 10.7. The molecule has 1 N–H and O–H groups in total. The molecule has 24 heavy (non-hydrogen) atoms. The van der Waals surface area contributed by atoms with Gasteiger partial charge in [0.15, 0.2) is 6.61 Å². The van der Waals surface area contributed by atoms with Gasteiger partial charge in [0.2, 0.25) is 0 Å². The summed E-state index contributed by atoms with van der Waals surface area (Å²) in [5.74, 6) is -0.964. The average molecular weight is 350 g/mol. The van der Waals surface area contributed by atoms with Gasteiger partial charge in [-0.15, -0.1) is 0 Å². The summed E-state index contributed by atoms with van der Waals surface area (Å²) in [5, 5.41) is 6.22. The van der Waals surface area contributed by atoms with Crippen LogP contribution in [0.3, 0.4) is 0 Å². The van der Waals surface area contributed by atoms with Gasteiger partial charge in [-0.1, -0.05) is 28.9 Å². The van der Waals surface area contributed by atoms with E-state index in [4.69, 9.17) is 16.4 Å². The van der Waals surface area contributed by atoms with Crippen LogP contribution in [0, 0.1) is 5.82 Å². The average Bonchev–Trinajstić information content (AvgIpc) is 2.55. The van der Waals surface area contributed by atoms with Gasteiger partial charge in [0.05, 0.1) is 11.2 Å². The molecule has 2 aromatic rings. The highest BCUT2D eigenvalue weighted by atomic mass is 35.5. The van der Waals surface area contributed by atoms with Crippen molar-refractivity contribution in [1.29, 1.82) is 0 Å². The molecule has 0 aromatic heterocycles. The number of oxime groups is 1. The third kappa shape index (κ3) is 5.24. The van der Waals surface area contributed by atoms with E-state index in [1.165, 1.54) is 24.4 Å². The number of benzene rings is 2. The van der Waals surface area contributed by atoms with E-state index in [9.17, 15) is 9.18 Å². The fraction of sp³-hybridized carbons (Fsp3) is 0.176. The van der Waals surface area contributed by atoms with Crippen molar-refractivity contribution in [2.45, 2.75) is 0 Å². The number of hydrogen-bond donors (Lipinski definition) is 1. The molecule has 0 bridgehead atoms. The van der Waals surface area contributed by atoms with Crippen molar-refractivity contribution in [1.82, 2.24) is 0 Å². The van der Waals surface area contributed by atoms with Gasteiger partial charge < -0.3 is 15.1 Å². The van der Waals surface area contributed by atoms with Crippen LogP contribution in [-0.2, 0) is 9.63 Å². The highest BCUT2D eigenvalue weighted by Gasteiger charge is 2.05. The van der Waals surface area contributed by atoms with Crippen molar-refractivity contribution < 1.29 is 14.0 Å². The Labute approximate surface area is 144 Å². The first kappa shape index (κ1) is 17.7. The zero-order valence-electron chi connectivity index (χ0n) is 13.3. The Kier molecular flexibility index (Phi) is 6.14. The monoisotopic (exact) mass is 349 g/mol. The topological polar surface area (TPSA) is 53.9 Å². The molecule has 0 heterocycles. The maximum atomic E-state index is 13.0. The molecule has 0 atom stereocenters. The largest absolute Gasteiger partial charge is 0.386 e. The van der Waals surface area contributed by atoms with E-state index < -0.39 is 11.7 Å². The number of nitrogens with one attached hydrogen (secondary N) is 1. The minimum absolute atomic E-state index is 0.0621. The van der Waals surface area contributed by atoms with Crippen LogP contribution in [0.2, 0.25) is 5.02 Å². The number of carbonyl (C=O) groups is 1. The molecule has 7 heteroatoms. The highest BCUT2D eigenvalue weighted by Crippen LogP contribution is 2.19. The van der Waals surface area contributed by atoms with Crippen molar-refractivity contribution in [2.24, 2.45) is 5.16 Å². The first-order valence-electron chi connectivity index (χ1n) is 7.13. The number of hydrogen-bond acceptors (Lipinski definition) is 4. The standard InChI is InChI=1S/C17H17ClFN3O2/c1-22(2)14-6-3-12(4-7-14)10-20-24-11-17(23)21-13-5-8-16(19)15(18)9-13/h3-10H,11H2,1-2H3,(H,21,23)/b20-10+. The minimum atomic E-state index is -0.546. The summed E-state index contributed by atoms with van der Waals surface area (Å²) in [5.41, 5.74) is 2.31. The van der Waals surface area contributed by atoms with Crippen LogP contribution >= 0.6 is 11.6 Å². The fourth-order valence-electron chi connectivity index (χ4n) is 1.82. The number of carbonyl (C=O) groups excluding carboxylic acids is 1. The second kappa shape index (κ2) is 8.31. The Morgan fingerprint density at radius 3 is 2.62 bits per heavy atom. The van der Waals surface area contributed by atoms with E-state index in [2.05, 4.69) is 10.5 Å². The zero-order valence-corrected chi connectivity index (χ0v) is 14.0. The highest BCUT2D eigenvalue weighted by molar-refractivity contribution is 6.31. The molecule has 0 radical (unpaired) electrons. The van der Waals surface area contributed by atoms with Crippen LogP contribution in [0.4, 0.5) is 15.8 Å². The van der Waals surface area contributed by atoms with E-state index in [0.29, 0.717) is 5.69 Å². The summed E-state index contributed by atoms with van der Waals surface area (Å²) in [7, 11) is 3.91. The molecule has 5 nitrogen and oxygen atoms in total. The first-order valence-corrected chi connectivity index (χ1v) is 7.51. The lowest BCUT2D eigenvalue weighted by atomic mass is 10.2. The van der Waals surface area contributed by atoms with E-state index in [0.717, 1.165) is 11.3 Å². The summed E-state index contributed by atoms with van der Waals surface area (Å²) in [6.45, 7) is -0.263. The smallest absolute Gasteiger partial charge is 0.265 e. The van der Waals surface area contributed by atoms with E-state index in [1.807, 2.05) is 43.3 Å². The van der Waals surface area contributed by atoms with Gasteiger partial charge in [-0.05, 0) is 35.9 Å². The number of anilines is 2. The van der Waals surface area contributed by atoms with Gasteiger partial charge in [0.25, 0.3) is 5.91 Å². The van der Waals surface area contributed by atoms with E-state index in [1.54, 1.807) is 0 Å². The van der Waals surface area contributed by atoms with Crippen molar-refractivity contribution in [3.8, 4) is 0 Å². The van der Waals surface area contributed by atoms with Gasteiger partial charge in [-0.25, -0.2) is 4.39 Å². The molecule has 1 amide bonds. The molecule has 0 fully saturated rings. The molecule has 0 aliphatic heterocycles. The predicted octanol–water partition coefficient (Wildman–Crippen LogP) is 3.53. The van der Waals surface area contributed by atoms with Crippen LogP contribution < -0.4 is 10.2 Å². The maximum Gasteiger partial charge on any atom is 0.265 e. The summed E-state index contributed by atoms with van der Waals surface area (Å²) in [6, 6.07) is 11.6. The molecule has 0 unspecified atom stereocenters. The molecule has 126 valence electrons. The summed E-state index contributed by atoms with van der Waals surface area (Å²) in [6.07, 6.45) is 1.52. The molecule has 0 spiro atoms. The molecular weight excluding hydrogens is 333 g/mol. The third-order valence-electron chi connectivity index (χ3n) is 3.08. The summed E-state index contributed by atoms with van der Waals surface area (Å²) >= 11 is 5.64. The van der Waals surface area contributed by atoms with Gasteiger partial charge in [-0.3, -0.25) is 4.79 Å². The van der Waals surface area contributed by atoms with Crippen molar-refractivity contribution in [3.63, 3.8) is 0 Å². The van der Waals surface area contributed by atoms with Gasteiger partial charge in [0, 0.05) is 25.5 Å². The van der Waals surface area contributed by atoms with Gasteiger partial charge >= 0.3 is 0 Å². The Morgan fingerprint density at radius 2 is 2.00 bits per heavy atom. The molecule has 2 rings (SSSR count). The fourth-order valence-corrected chi connectivity index (χ4v) is 2.00. The van der Waals surface area contributed by atoms with Crippen molar-refractivity contribution in [2.75, 3.05) is 30.9 Å². The molecule has 0 aliphatic rings. The van der Waals surface area contributed by atoms with Crippen molar-refractivity contribution in [3.05, 3.63) is 58.9 Å². The number of nitrogens with zero attached hydrogens (tertiary/aromatic N) is 2. The van der Waals surface area contributed by atoms with E-state index in [-0.39, 0.29) is 11.6 Å². The van der Waals surface area contributed by atoms with Crippen LogP contribution in [0.5, 0.6) is 0 Å². The number of halogens is 2. The SMILES string of the molecule is CN(C)c1ccc(/C=N/OCC(=O)Nc2ccc(F)c(Cl)c2)cc1. The lowest BCUT2D eigenvalue weighted by Gasteiger charge is -2.11. The van der Waals surface area contributed by atoms with Crippen molar-refractivity contribution >= 4 is 35.1 Å². The van der Waals surface area contributed by atoms with Crippen LogP contribution in [0.15, 0.2) is 47.6 Å². The quantitative estimate of drug-likeness (QED) is 0.641. The Hall–Kier alpha value is -2.60. The second-order valence-corrected chi connectivity index (χ2v) is 5.58. The molecular formula is C17H17ClFN3O2. The Morgan fingerprint density at radius 1 is 1.29 bits per heavy atom.